The van der Waals surface area contributed by atoms with E-state index < -0.39 is 0 Å². The highest BCUT2D eigenvalue weighted by Crippen LogP contribution is 2.28. The predicted octanol–water partition coefficient (Wildman–Crippen LogP) is 2.83. The molecule has 0 radical (unpaired) electrons. The molecule has 0 aromatic heterocycles. The number of carbonyl (C=O) groups excluding carboxylic acids is 1. The van der Waals surface area contributed by atoms with Crippen molar-refractivity contribution in [2.75, 3.05) is 20.1 Å². The van der Waals surface area contributed by atoms with Crippen molar-refractivity contribution in [3.05, 3.63) is 35.9 Å². The minimum Gasteiger partial charge on any atom is -0.356 e. The lowest BCUT2D eigenvalue weighted by Crippen LogP contribution is -2.39. The van der Waals surface area contributed by atoms with Gasteiger partial charge in [-0.25, -0.2) is 0 Å². The van der Waals surface area contributed by atoms with Crippen LogP contribution in [0.25, 0.3) is 0 Å². The van der Waals surface area contributed by atoms with Gasteiger partial charge in [0, 0.05) is 33.1 Å². The van der Waals surface area contributed by atoms with Crippen molar-refractivity contribution in [3.63, 3.8) is 0 Å². The van der Waals surface area contributed by atoms with E-state index in [4.69, 9.17) is 0 Å². The standard InChI is InChI=1S/C20H32N4O/c1-21-20(22-14-7-12-17-8-5-6-9-17)23-15-13-19(25)24-16-18-10-3-2-4-11-18/h2-4,10-11,17H,5-9,12-16H2,1H3,(H,24,25)(H2,21,22,23). The highest BCUT2D eigenvalue weighted by atomic mass is 16.1. The molecule has 0 aliphatic heterocycles. The van der Waals surface area contributed by atoms with Crippen molar-refractivity contribution >= 4 is 11.9 Å². The Hall–Kier alpha value is -2.04. The van der Waals surface area contributed by atoms with E-state index in [0.29, 0.717) is 19.5 Å². The van der Waals surface area contributed by atoms with E-state index in [9.17, 15) is 4.79 Å². The molecule has 0 spiro atoms. The fraction of sp³-hybridized carbons (Fsp3) is 0.600. The lowest BCUT2D eigenvalue weighted by molar-refractivity contribution is -0.121. The maximum absolute atomic E-state index is 11.9. The molecule has 1 aromatic rings. The van der Waals surface area contributed by atoms with E-state index >= 15 is 0 Å². The molecule has 0 bridgehead atoms. The van der Waals surface area contributed by atoms with E-state index in [2.05, 4.69) is 20.9 Å². The first-order valence-corrected chi connectivity index (χ1v) is 9.53. The largest absolute Gasteiger partial charge is 0.356 e. The van der Waals surface area contributed by atoms with Crippen LogP contribution in [0.2, 0.25) is 0 Å². The summed E-state index contributed by atoms with van der Waals surface area (Å²) in [5, 5.41) is 9.47. The summed E-state index contributed by atoms with van der Waals surface area (Å²) in [6.07, 6.45) is 8.57. The van der Waals surface area contributed by atoms with Crippen LogP contribution in [0.15, 0.2) is 35.3 Å². The van der Waals surface area contributed by atoms with Crippen LogP contribution in [-0.2, 0) is 11.3 Å². The minimum absolute atomic E-state index is 0.0491. The topological polar surface area (TPSA) is 65.5 Å². The van der Waals surface area contributed by atoms with Crippen LogP contribution in [0, 0.1) is 5.92 Å². The van der Waals surface area contributed by atoms with E-state index in [1.165, 1.54) is 38.5 Å². The summed E-state index contributed by atoms with van der Waals surface area (Å²) in [5.41, 5.74) is 1.11. The summed E-state index contributed by atoms with van der Waals surface area (Å²) in [6, 6.07) is 9.95. The number of hydrogen-bond donors (Lipinski definition) is 3. The number of carbonyl (C=O) groups is 1. The summed E-state index contributed by atoms with van der Waals surface area (Å²) in [6.45, 7) is 2.10. The number of aliphatic imine (C=N–C) groups is 1. The van der Waals surface area contributed by atoms with Crippen LogP contribution in [0.4, 0.5) is 0 Å². The summed E-state index contributed by atoms with van der Waals surface area (Å²) in [5.74, 6) is 1.76. The molecule has 3 N–H and O–H groups in total. The van der Waals surface area contributed by atoms with Crippen molar-refractivity contribution in [1.29, 1.82) is 0 Å². The highest BCUT2D eigenvalue weighted by molar-refractivity contribution is 5.81. The van der Waals surface area contributed by atoms with Crippen LogP contribution < -0.4 is 16.0 Å². The van der Waals surface area contributed by atoms with Crippen molar-refractivity contribution in [2.24, 2.45) is 10.9 Å². The average Bonchev–Trinajstić information content (AvgIpc) is 3.16. The van der Waals surface area contributed by atoms with Gasteiger partial charge in [-0.3, -0.25) is 9.79 Å². The summed E-state index contributed by atoms with van der Waals surface area (Å²) < 4.78 is 0. The van der Waals surface area contributed by atoms with Crippen molar-refractivity contribution in [1.82, 2.24) is 16.0 Å². The second-order valence-corrected chi connectivity index (χ2v) is 6.73. The molecule has 5 heteroatoms. The van der Waals surface area contributed by atoms with Crippen molar-refractivity contribution < 1.29 is 4.79 Å². The van der Waals surface area contributed by atoms with Gasteiger partial charge in [0.15, 0.2) is 5.96 Å². The van der Waals surface area contributed by atoms with Gasteiger partial charge in [-0.05, 0) is 24.3 Å². The van der Waals surface area contributed by atoms with Gasteiger partial charge < -0.3 is 16.0 Å². The Morgan fingerprint density at radius 2 is 1.80 bits per heavy atom. The van der Waals surface area contributed by atoms with Crippen LogP contribution >= 0.6 is 0 Å². The van der Waals surface area contributed by atoms with Gasteiger partial charge in [0.25, 0.3) is 0 Å². The monoisotopic (exact) mass is 344 g/mol. The lowest BCUT2D eigenvalue weighted by atomic mass is 10.0. The number of amides is 1. The second kappa shape index (κ2) is 11.5. The molecule has 1 aliphatic rings. The maximum atomic E-state index is 11.9. The van der Waals surface area contributed by atoms with E-state index in [1.54, 1.807) is 7.05 Å². The van der Waals surface area contributed by atoms with Gasteiger partial charge >= 0.3 is 0 Å². The zero-order valence-corrected chi connectivity index (χ0v) is 15.4. The fourth-order valence-corrected chi connectivity index (χ4v) is 3.30. The number of nitrogens with zero attached hydrogens (tertiary/aromatic N) is 1. The SMILES string of the molecule is CN=C(NCCCC1CCCC1)NCCC(=O)NCc1ccccc1. The molecular weight excluding hydrogens is 312 g/mol. The third-order valence-corrected chi connectivity index (χ3v) is 4.76. The second-order valence-electron chi connectivity index (χ2n) is 6.73. The normalized spacial score (nSPS) is 15.2. The molecule has 0 saturated heterocycles. The first-order chi connectivity index (χ1) is 12.3. The molecule has 5 nitrogen and oxygen atoms in total. The third kappa shape index (κ3) is 8.05. The molecule has 0 unspecified atom stereocenters. The molecule has 1 amide bonds. The Morgan fingerprint density at radius 1 is 1.08 bits per heavy atom. The quantitative estimate of drug-likeness (QED) is 0.367. The molecule has 0 atom stereocenters. The average molecular weight is 345 g/mol. The number of guanidine groups is 1. The maximum Gasteiger partial charge on any atom is 0.222 e. The highest BCUT2D eigenvalue weighted by Gasteiger charge is 2.14. The molecule has 2 rings (SSSR count). The Morgan fingerprint density at radius 3 is 2.52 bits per heavy atom. The first kappa shape index (κ1) is 19.3. The van der Waals surface area contributed by atoms with Gasteiger partial charge in [0.1, 0.15) is 0 Å². The zero-order valence-electron chi connectivity index (χ0n) is 15.4. The zero-order chi connectivity index (χ0) is 17.7. The van der Waals surface area contributed by atoms with Gasteiger partial charge in [-0.1, -0.05) is 56.0 Å². The smallest absolute Gasteiger partial charge is 0.222 e. The third-order valence-electron chi connectivity index (χ3n) is 4.76. The number of benzene rings is 1. The van der Waals surface area contributed by atoms with Gasteiger partial charge in [0.2, 0.25) is 5.91 Å². The lowest BCUT2D eigenvalue weighted by Gasteiger charge is -2.13. The van der Waals surface area contributed by atoms with Gasteiger partial charge in [0.05, 0.1) is 0 Å². The first-order valence-electron chi connectivity index (χ1n) is 9.53. The molecular formula is C20H32N4O. The summed E-state index contributed by atoms with van der Waals surface area (Å²) in [4.78, 5) is 16.1. The van der Waals surface area contributed by atoms with Crippen LogP contribution in [0.1, 0.15) is 50.5 Å². The fourth-order valence-electron chi connectivity index (χ4n) is 3.30. The molecule has 1 aliphatic carbocycles. The summed E-state index contributed by atoms with van der Waals surface area (Å²) >= 11 is 0. The van der Waals surface area contributed by atoms with E-state index in [-0.39, 0.29) is 5.91 Å². The Balaban J connectivity index is 1.51. The Bertz CT molecular complexity index is 524. The van der Waals surface area contributed by atoms with Gasteiger partial charge in [-0.2, -0.15) is 0 Å². The van der Waals surface area contributed by atoms with Crippen LogP contribution in [0.3, 0.4) is 0 Å². The molecule has 1 aromatic carbocycles. The Kier molecular flexibility index (Phi) is 8.87. The van der Waals surface area contributed by atoms with Crippen LogP contribution in [0.5, 0.6) is 0 Å². The Labute approximate surface area is 151 Å². The molecule has 1 saturated carbocycles. The molecule has 0 heterocycles. The predicted molar refractivity (Wildman–Crippen MR) is 103 cm³/mol. The van der Waals surface area contributed by atoms with E-state index in [0.717, 1.165) is 24.0 Å². The van der Waals surface area contributed by atoms with Crippen molar-refractivity contribution in [2.45, 2.75) is 51.5 Å². The minimum atomic E-state index is 0.0491. The molecule has 138 valence electrons. The van der Waals surface area contributed by atoms with Crippen molar-refractivity contribution in [3.8, 4) is 0 Å². The summed E-state index contributed by atoms with van der Waals surface area (Å²) in [7, 11) is 1.77. The number of hydrogen-bond acceptors (Lipinski definition) is 2. The van der Waals surface area contributed by atoms with Crippen LogP contribution in [-0.4, -0.2) is 32.0 Å². The van der Waals surface area contributed by atoms with E-state index in [1.807, 2.05) is 30.3 Å². The van der Waals surface area contributed by atoms with Gasteiger partial charge in [-0.15, -0.1) is 0 Å². The number of nitrogens with one attached hydrogen (secondary N) is 3. The molecule has 25 heavy (non-hydrogen) atoms. The molecule has 1 fully saturated rings. The number of rotatable bonds is 9.